The second-order valence-electron chi connectivity index (χ2n) is 9.63. The van der Waals surface area contributed by atoms with Gasteiger partial charge < -0.3 is 24.1 Å². The molecule has 5 heterocycles. The maximum absolute atomic E-state index is 13.1. The minimum absolute atomic E-state index is 0.122. The van der Waals surface area contributed by atoms with Crippen LogP contribution >= 0.6 is 0 Å². The molecule has 2 aliphatic rings. The van der Waals surface area contributed by atoms with Crippen LogP contribution in [-0.2, 0) is 28.7 Å². The number of ether oxygens (including phenoxy) is 2. The molecule has 6 rings (SSSR count). The number of aromatic nitrogens is 3. The molecular weight excluding hydrogens is 511 g/mol. The number of halogens is 3. The van der Waals surface area contributed by atoms with Crippen LogP contribution in [0.15, 0.2) is 48.8 Å². The molecule has 3 aromatic heterocycles. The quantitative estimate of drug-likeness (QED) is 0.400. The number of rotatable bonds is 4. The molecule has 202 valence electrons. The van der Waals surface area contributed by atoms with Gasteiger partial charge in [-0.15, -0.1) is 0 Å². The van der Waals surface area contributed by atoms with E-state index in [4.69, 9.17) is 14.5 Å². The van der Waals surface area contributed by atoms with Gasteiger partial charge in [-0.25, -0.2) is 4.98 Å². The summed E-state index contributed by atoms with van der Waals surface area (Å²) in [6, 6.07) is 9.57. The first-order valence-corrected chi connectivity index (χ1v) is 12.7. The highest BCUT2D eigenvalue weighted by Crippen LogP contribution is 2.35. The number of pyridine rings is 2. The van der Waals surface area contributed by atoms with Gasteiger partial charge in [0.1, 0.15) is 5.69 Å². The van der Waals surface area contributed by atoms with E-state index in [9.17, 15) is 18.0 Å². The molecule has 8 nitrogen and oxygen atoms in total. The molecular formula is C28H26F3N5O3. The number of amides is 1. The van der Waals surface area contributed by atoms with Gasteiger partial charge in [0.05, 0.1) is 43.5 Å². The van der Waals surface area contributed by atoms with Crippen LogP contribution in [0.1, 0.15) is 33.0 Å². The number of nitrogens with one attached hydrogen (secondary N) is 1. The highest BCUT2D eigenvalue weighted by molar-refractivity contribution is 6.04. The van der Waals surface area contributed by atoms with E-state index in [1.807, 2.05) is 19.1 Å². The van der Waals surface area contributed by atoms with Crippen LogP contribution in [0, 0.1) is 6.92 Å². The van der Waals surface area contributed by atoms with Gasteiger partial charge in [-0.3, -0.25) is 9.78 Å². The number of imidazole rings is 1. The zero-order valence-electron chi connectivity index (χ0n) is 21.2. The molecule has 4 aromatic rings. The van der Waals surface area contributed by atoms with E-state index in [0.717, 1.165) is 71.2 Å². The van der Waals surface area contributed by atoms with E-state index < -0.39 is 17.8 Å². The lowest BCUT2D eigenvalue weighted by Gasteiger charge is -2.29. The summed E-state index contributed by atoms with van der Waals surface area (Å²) in [5, 5.41) is 2.74. The number of alkyl halides is 3. The third-order valence-electron chi connectivity index (χ3n) is 7.08. The first-order chi connectivity index (χ1) is 18.8. The zero-order chi connectivity index (χ0) is 27.1. The van der Waals surface area contributed by atoms with Gasteiger partial charge in [-0.2, -0.15) is 13.2 Å². The summed E-state index contributed by atoms with van der Waals surface area (Å²) in [5.41, 5.74) is 5.97. The third-order valence-corrected chi connectivity index (χ3v) is 7.08. The summed E-state index contributed by atoms with van der Waals surface area (Å²) in [7, 11) is 0. The van der Waals surface area contributed by atoms with Crippen molar-refractivity contribution in [2.45, 2.75) is 26.1 Å². The molecule has 1 amide bonds. The molecule has 2 aliphatic heterocycles. The molecule has 0 spiro atoms. The van der Waals surface area contributed by atoms with Crippen LogP contribution in [0.2, 0.25) is 0 Å². The molecule has 0 aliphatic carbocycles. The van der Waals surface area contributed by atoms with Crippen molar-refractivity contribution in [3.05, 3.63) is 77.0 Å². The van der Waals surface area contributed by atoms with Gasteiger partial charge in [-0.05, 0) is 48.4 Å². The Hall–Kier alpha value is -3.96. The van der Waals surface area contributed by atoms with E-state index >= 15 is 0 Å². The van der Waals surface area contributed by atoms with Crippen molar-refractivity contribution in [3.63, 3.8) is 0 Å². The lowest BCUT2D eigenvalue weighted by Crippen LogP contribution is -2.36. The van der Waals surface area contributed by atoms with Crippen molar-refractivity contribution in [2.75, 3.05) is 43.1 Å². The Morgan fingerprint density at radius 2 is 1.87 bits per heavy atom. The molecule has 1 fully saturated rings. The minimum atomic E-state index is -4.64. The lowest BCUT2D eigenvalue weighted by molar-refractivity contribution is -0.141. The molecule has 0 radical (unpaired) electrons. The summed E-state index contributed by atoms with van der Waals surface area (Å²) in [6.07, 6.45) is -0.841. The van der Waals surface area contributed by atoms with Crippen LogP contribution in [-0.4, -0.2) is 53.2 Å². The third kappa shape index (κ3) is 4.95. The number of fused-ring (bicyclic) bond motifs is 3. The van der Waals surface area contributed by atoms with Crippen LogP contribution in [0.5, 0.6) is 0 Å². The van der Waals surface area contributed by atoms with E-state index in [1.165, 1.54) is 6.07 Å². The first-order valence-electron chi connectivity index (χ1n) is 12.7. The summed E-state index contributed by atoms with van der Waals surface area (Å²) in [6.45, 7) is 5.83. The second kappa shape index (κ2) is 9.97. The maximum Gasteiger partial charge on any atom is 0.433 e. The van der Waals surface area contributed by atoms with Gasteiger partial charge in [0.25, 0.3) is 5.91 Å². The van der Waals surface area contributed by atoms with Crippen LogP contribution < -0.4 is 10.2 Å². The Balaban J connectivity index is 1.39. The number of aryl methyl sites for hydroxylation is 1. The number of benzene rings is 1. The molecule has 0 unspecified atom stereocenters. The molecule has 11 heteroatoms. The summed E-state index contributed by atoms with van der Waals surface area (Å²) >= 11 is 0. The Morgan fingerprint density at radius 1 is 1.05 bits per heavy atom. The van der Waals surface area contributed by atoms with Crippen LogP contribution in [0.4, 0.5) is 24.5 Å². The summed E-state index contributed by atoms with van der Waals surface area (Å²) < 4.78 is 52.6. The molecule has 0 atom stereocenters. The Labute approximate surface area is 222 Å². The zero-order valence-corrected chi connectivity index (χ0v) is 21.2. The highest BCUT2D eigenvalue weighted by atomic mass is 19.4. The van der Waals surface area contributed by atoms with Gasteiger partial charge in [-0.1, -0.05) is 6.07 Å². The van der Waals surface area contributed by atoms with Gasteiger partial charge in [0.2, 0.25) is 0 Å². The van der Waals surface area contributed by atoms with Gasteiger partial charge in [0, 0.05) is 48.7 Å². The van der Waals surface area contributed by atoms with E-state index in [2.05, 4.69) is 31.9 Å². The van der Waals surface area contributed by atoms with Gasteiger partial charge >= 0.3 is 6.18 Å². The summed E-state index contributed by atoms with van der Waals surface area (Å²) in [4.78, 5) is 23.4. The molecule has 1 saturated heterocycles. The number of anilines is 2. The highest BCUT2D eigenvalue weighted by Gasteiger charge is 2.33. The van der Waals surface area contributed by atoms with Crippen molar-refractivity contribution in [3.8, 4) is 11.1 Å². The normalized spacial score (nSPS) is 15.8. The number of morpholine rings is 1. The predicted molar refractivity (Wildman–Crippen MR) is 139 cm³/mol. The smallest absolute Gasteiger partial charge is 0.378 e. The largest absolute Gasteiger partial charge is 0.433 e. The SMILES string of the molecule is Cc1ccc(NC(=O)c2ccnc(C(F)(F)F)c2)cc1-c1cc(N2CCOCC2)c2nc3c(n2c1)CCOC3. The average Bonchev–Trinajstić information content (AvgIpc) is 3.32. The van der Waals surface area contributed by atoms with Crippen LogP contribution in [0.25, 0.3) is 16.8 Å². The Kier molecular flexibility index (Phi) is 6.48. The maximum atomic E-state index is 13.1. The van der Waals surface area contributed by atoms with Gasteiger partial charge in [0.15, 0.2) is 5.65 Å². The molecule has 1 aromatic carbocycles. The van der Waals surface area contributed by atoms with Crippen molar-refractivity contribution in [1.82, 2.24) is 14.4 Å². The van der Waals surface area contributed by atoms with E-state index in [0.29, 0.717) is 32.1 Å². The summed E-state index contributed by atoms with van der Waals surface area (Å²) in [5.74, 6) is -0.647. The fourth-order valence-electron chi connectivity index (χ4n) is 5.06. The van der Waals surface area contributed by atoms with Crippen molar-refractivity contribution >= 4 is 22.9 Å². The number of carbonyl (C=O) groups is 1. The fourth-order valence-corrected chi connectivity index (χ4v) is 5.06. The minimum Gasteiger partial charge on any atom is -0.378 e. The second-order valence-corrected chi connectivity index (χ2v) is 9.63. The Bertz CT molecular complexity index is 1560. The van der Waals surface area contributed by atoms with Crippen molar-refractivity contribution < 1.29 is 27.4 Å². The molecule has 0 saturated carbocycles. The van der Waals surface area contributed by atoms with E-state index in [-0.39, 0.29) is 5.56 Å². The lowest BCUT2D eigenvalue weighted by atomic mass is 10.0. The number of hydrogen-bond acceptors (Lipinski definition) is 6. The first kappa shape index (κ1) is 25.3. The molecule has 39 heavy (non-hydrogen) atoms. The van der Waals surface area contributed by atoms with Crippen LogP contribution in [0.3, 0.4) is 0 Å². The van der Waals surface area contributed by atoms with E-state index in [1.54, 1.807) is 6.07 Å². The standard InChI is InChI=1S/C28H26F3N5O3/c1-17-2-3-20(33-27(37)18-4-6-32-25(13-18)28(29,30)31)14-21(17)19-12-24(35-7-10-38-11-8-35)26-34-22-16-39-9-5-23(22)36(26)15-19/h2-4,6,12-15H,5,7-11,16H2,1H3,(H,33,37). The monoisotopic (exact) mass is 537 g/mol. The average molecular weight is 538 g/mol. The number of carbonyl (C=O) groups excluding carboxylic acids is 1. The molecule has 0 bridgehead atoms. The number of hydrogen-bond donors (Lipinski definition) is 1. The van der Waals surface area contributed by atoms with Crippen molar-refractivity contribution in [2.24, 2.45) is 0 Å². The molecule has 1 N–H and O–H groups in total. The Morgan fingerprint density at radius 3 is 2.67 bits per heavy atom. The van der Waals surface area contributed by atoms with Crippen molar-refractivity contribution in [1.29, 1.82) is 0 Å². The number of nitrogens with zero attached hydrogens (tertiary/aromatic N) is 4. The predicted octanol–water partition coefficient (Wildman–Crippen LogP) is 4.89. The topological polar surface area (TPSA) is 81.0 Å². The fraction of sp³-hybridized carbons (Fsp3) is 0.321.